The number of benzene rings is 5. The smallest absolute Gasteiger partial charge is 0.220 e. The van der Waals surface area contributed by atoms with Gasteiger partial charge in [-0.05, 0) is 101 Å². The second kappa shape index (κ2) is 24.5. The van der Waals surface area contributed by atoms with E-state index in [0.29, 0.717) is 24.7 Å². The van der Waals surface area contributed by atoms with Crippen LogP contribution in [0, 0.1) is 0 Å². The van der Waals surface area contributed by atoms with Crippen LogP contribution < -0.4 is 24.5 Å². The number of amides is 2. The molecule has 0 bridgehead atoms. The number of piperazine rings is 4. The first-order valence-electron chi connectivity index (χ1n) is 28.8. The number of H-pyrrole nitrogens is 4. The van der Waals surface area contributed by atoms with Crippen molar-refractivity contribution in [1.29, 1.82) is 0 Å². The largest absolute Gasteiger partial charge is 0.368 e. The lowest BCUT2D eigenvalue weighted by atomic mass is 9.97. The number of hydrogen-bond donors (Lipinski definition) is 4. The van der Waals surface area contributed by atoms with Crippen molar-refractivity contribution in [1.82, 2.24) is 54.9 Å². The van der Waals surface area contributed by atoms with Crippen molar-refractivity contribution in [3.05, 3.63) is 123 Å². The van der Waals surface area contributed by atoms with Crippen LogP contribution in [0.15, 0.2) is 113 Å². The number of carbonyl (C=O) groups excluding carboxylic acids is 2. The Bertz CT molecular complexity index is 3940. The molecule has 20 nitrogen and oxygen atoms in total. The van der Waals surface area contributed by atoms with E-state index in [2.05, 4.69) is 153 Å². The Morgan fingerprint density at radius 1 is 0.488 bits per heavy atom. The van der Waals surface area contributed by atoms with E-state index in [1.807, 2.05) is 84.8 Å². The quantitative estimate of drug-likeness (QED) is 0.122. The average molecular weight is 1360 g/mol. The molecule has 4 N–H and O–H groups in total. The second-order valence-electron chi connectivity index (χ2n) is 24.1. The minimum Gasteiger partial charge on any atom is -0.368 e. The lowest BCUT2D eigenvalue weighted by Crippen LogP contribution is -2.60. The van der Waals surface area contributed by atoms with Gasteiger partial charge in [0, 0.05) is 173 Å². The van der Waals surface area contributed by atoms with Gasteiger partial charge in [0.15, 0.2) is 0 Å². The summed E-state index contributed by atoms with van der Waals surface area (Å²) in [6, 6.07) is 26.6. The number of fused-ring (bicyclic) bond motifs is 4. The van der Waals surface area contributed by atoms with Gasteiger partial charge in [-0.1, -0.05) is 73.3 Å². The van der Waals surface area contributed by atoms with Gasteiger partial charge in [-0.15, -0.1) is 0 Å². The molecule has 1 spiro atoms. The summed E-state index contributed by atoms with van der Waals surface area (Å²) in [5, 5.41) is 34.3. The maximum Gasteiger partial charge on any atom is 0.220 e. The van der Waals surface area contributed by atoms with Crippen molar-refractivity contribution in [2.75, 3.05) is 116 Å². The Hall–Kier alpha value is -6.63. The summed E-state index contributed by atoms with van der Waals surface area (Å²) in [5.74, 6) is 0.328. The van der Waals surface area contributed by atoms with Crippen LogP contribution in [0.2, 0.25) is 10.0 Å². The molecule has 0 atom stereocenters. The molecule has 4 aromatic heterocycles. The Morgan fingerprint density at radius 2 is 0.872 bits per heavy atom. The van der Waals surface area contributed by atoms with E-state index in [-0.39, 0.29) is 22.9 Å². The van der Waals surface area contributed by atoms with E-state index in [4.69, 9.17) is 23.2 Å². The number of rotatable bonds is 6. The Morgan fingerprint density at radius 3 is 1.30 bits per heavy atom. The molecule has 4 aliphatic heterocycles. The number of halogens is 4. The van der Waals surface area contributed by atoms with Gasteiger partial charge in [-0.3, -0.25) is 30.0 Å². The molecule has 2 amide bonds. The van der Waals surface area contributed by atoms with Crippen LogP contribution in [-0.4, -0.2) is 183 Å². The molecule has 5 aromatic carbocycles. The minimum atomic E-state index is -3.20. The van der Waals surface area contributed by atoms with Crippen LogP contribution in [0.4, 0.5) is 28.4 Å². The van der Waals surface area contributed by atoms with Gasteiger partial charge in [-0.2, -0.15) is 24.7 Å². The number of nitrogens with zero attached hydrogens (tertiary/aromatic N) is 12. The second-order valence-corrected chi connectivity index (χ2v) is 28.7. The van der Waals surface area contributed by atoms with Crippen molar-refractivity contribution in [2.45, 2.75) is 71.0 Å². The molecule has 25 heteroatoms. The Kier molecular flexibility index (Phi) is 17.4. The number of carbonyl (C=O) groups is 2. The average Bonchev–Trinajstić information content (AvgIpc) is 1.73. The zero-order valence-corrected chi connectivity index (χ0v) is 54.8. The van der Waals surface area contributed by atoms with Crippen LogP contribution >= 0.6 is 55.1 Å². The fourth-order valence-corrected chi connectivity index (χ4v) is 15.7. The molecular weight excluding hydrogens is 1280 g/mol. The molecule has 14 rings (SSSR count). The van der Waals surface area contributed by atoms with E-state index in [1.165, 1.54) is 17.6 Å². The molecule has 9 aromatic rings. The van der Waals surface area contributed by atoms with Crippen LogP contribution in [0.3, 0.4) is 0 Å². The molecule has 5 fully saturated rings. The first kappa shape index (κ1) is 61.0. The summed E-state index contributed by atoms with van der Waals surface area (Å²) >= 11 is 19.6. The summed E-state index contributed by atoms with van der Waals surface area (Å²) in [5.41, 5.74) is 9.15. The molecule has 4 saturated heterocycles. The van der Waals surface area contributed by atoms with Crippen LogP contribution in [0.25, 0.3) is 43.6 Å². The SMILES string of the molecule is CC(=O)N1CCN(c2cc(Br)cc3[nH]ncc23)CC1(C)C.CC(=O)N1CCN(c2cc(Cl)cc3[nH]ncc23)CC12CC2.CC1(C)CN(c2cc(Br)cc3[nH]ncc23)CCN1S(C)(=O)=O.Clc1cc(N2CCN(c3ccccc3)CC2)c2cn[nH]c2c1. The Balaban J connectivity index is 0.000000119. The summed E-state index contributed by atoms with van der Waals surface area (Å²) < 4.78 is 27.5. The number of para-hydroxylation sites is 1. The minimum absolute atomic E-state index is 0.0441. The molecule has 5 aliphatic rings. The third-order valence-electron chi connectivity index (χ3n) is 17.1. The number of aromatic nitrogens is 8. The zero-order valence-electron chi connectivity index (χ0n) is 49.3. The van der Waals surface area contributed by atoms with E-state index in [9.17, 15) is 18.0 Å². The maximum absolute atomic E-state index is 12.0. The third-order valence-corrected chi connectivity index (χ3v) is 20.0. The first-order valence-corrected chi connectivity index (χ1v) is 33.0. The van der Waals surface area contributed by atoms with Gasteiger partial charge in [0.25, 0.3) is 0 Å². The van der Waals surface area contributed by atoms with Crippen LogP contribution in [-0.2, 0) is 19.6 Å². The number of aromatic amines is 4. The van der Waals surface area contributed by atoms with E-state index >= 15 is 0 Å². The molecule has 86 heavy (non-hydrogen) atoms. The van der Waals surface area contributed by atoms with Gasteiger partial charge in [0.2, 0.25) is 21.8 Å². The monoisotopic (exact) mass is 1350 g/mol. The van der Waals surface area contributed by atoms with Gasteiger partial charge < -0.3 is 34.3 Å². The number of anilines is 5. The highest BCUT2D eigenvalue weighted by Crippen LogP contribution is 2.46. The van der Waals surface area contributed by atoms with Crippen LogP contribution in [0.1, 0.15) is 54.4 Å². The third kappa shape index (κ3) is 13.0. The van der Waals surface area contributed by atoms with Crippen molar-refractivity contribution >= 4 is 149 Å². The van der Waals surface area contributed by atoms with Crippen molar-refractivity contribution in [3.8, 4) is 0 Å². The molecule has 454 valence electrons. The summed E-state index contributed by atoms with van der Waals surface area (Å²) in [6.07, 6.45) is 10.9. The molecule has 0 radical (unpaired) electrons. The number of hydrogen-bond acceptors (Lipinski definition) is 13. The molecule has 8 heterocycles. The highest BCUT2D eigenvalue weighted by molar-refractivity contribution is 9.10. The predicted octanol–water partition coefficient (Wildman–Crippen LogP) is 10.9. The van der Waals surface area contributed by atoms with Gasteiger partial charge in [0.05, 0.1) is 64.2 Å². The topological polar surface area (TPSA) is 209 Å². The predicted molar refractivity (Wildman–Crippen MR) is 354 cm³/mol. The summed E-state index contributed by atoms with van der Waals surface area (Å²) in [7, 11) is -3.20. The molecule has 0 unspecified atom stereocenters. The fourth-order valence-electron chi connectivity index (χ4n) is 13.0. The molecule has 1 saturated carbocycles. The van der Waals surface area contributed by atoms with Crippen molar-refractivity contribution < 1.29 is 18.0 Å². The van der Waals surface area contributed by atoms with Gasteiger partial charge in [0.1, 0.15) is 0 Å². The zero-order chi connectivity index (χ0) is 60.9. The van der Waals surface area contributed by atoms with Crippen LogP contribution in [0.5, 0.6) is 0 Å². The lowest BCUT2D eigenvalue weighted by Gasteiger charge is -2.47. The van der Waals surface area contributed by atoms with E-state index in [1.54, 1.807) is 18.2 Å². The fraction of sp³-hybridized carbons (Fsp3) is 0.410. The van der Waals surface area contributed by atoms with E-state index in [0.717, 1.165) is 153 Å². The normalized spacial score (nSPS) is 18.4. The highest BCUT2D eigenvalue weighted by Gasteiger charge is 2.52. The van der Waals surface area contributed by atoms with E-state index < -0.39 is 15.6 Å². The summed E-state index contributed by atoms with van der Waals surface area (Å²) in [4.78, 5) is 39.3. The summed E-state index contributed by atoms with van der Waals surface area (Å²) in [6.45, 7) is 22.1. The standard InChI is InChI=1S/C17H17ClN4.C15H19BrN4O.C15H17ClN4O.C14H19BrN4O2S/c18-13-10-16-15(12-19-20-16)17(11-13)22-8-6-21(7-9-22)14-4-2-1-3-5-14;1-10(21)20-5-4-19(9-15(20,2)3)14-7-11(16)6-13-12(14)8-17-18-13;1-10(21)20-5-4-19(9-15(20)2-3-15)14-7-11(16)6-13-12(14)8-17-18-13;1-14(2)9-18(4-5-19(14)22(3,20)21)13-7-10(15)6-12-11(13)8-16-17-12/h1-5,10-12H,6-9H2,(H,19,20);6-8H,4-5,9H2,1-3H3,(H,17,18);6-8H,2-5,9H2,1H3,(H,17,18);6-8H,4-5,9H2,1-3H3,(H,16,17). The first-order chi connectivity index (χ1) is 41.0. The van der Waals surface area contributed by atoms with Gasteiger partial charge >= 0.3 is 0 Å². The number of sulfonamides is 1. The highest BCUT2D eigenvalue weighted by atomic mass is 79.9. The molecular formula is C61H72Br2Cl2N16O4S. The van der Waals surface area contributed by atoms with Crippen molar-refractivity contribution in [3.63, 3.8) is 0 Å². The molecule has 1 aliphatic carbocycles. The maximum atomic E-state index is 12.0. The number of nitrogens with one attached hydrogen (secondary N) is 4. The van der Waals surface area contributed by atoms with Crippen molar-refractivity contribution in [2.24, 2.45) is 0 Å². The van der Waals surface area contributed by atoms with Gasteiger partial charge in [-0.25, -0.2) is 8.42 Å². The lowest BCUT2D eigenvalue weighted by molar-refractivity contribution is -0.134. The Labute approximate surface area is 527 Å².